The van der Waals surface area contributed by atoms with E-state index in [1.165, 1.54) is 37.4 Å². The van der Waals surface area contributed by atoms with E-state index >= 15 is 0 Å². The highest BCUT2D eigenvalue weighted by molar-refractivity contribution is 5.87. The minimum absolute atomic E-state index is 0.0873. The number of carbonyl (C=O) groups is 1. The average molecular weight is 276 g/mol. The molecule has 0 saturated heterocycles. The number of rotatable bonds is 5. The molecule has 4 nitrogen and oxygen atoms in total. The molecule has 0 unspecified atom stereocenters. The molecule has 0 aliphatic rings. The number of methoxy groups -OCH3 is 1. The van der Waals surface area contributed by atoms with Crippen LogP contribution in [0.5, 0.6) is 11.5 Å². The first kappa shape index (κ1) is 13.9. The first-order valence-corrected chi connectivity index (χ1v) is 5.88. The van der Waals surface area contributed by atoms with Crippen molar-refractivity contribution < 1.29 is 23.8 Å². The van der Waals surface area contributed by atoms with Crippen LogP contribution in [0.3, 0.4) is 0 Å². The Hall–Kier alpha value is -2.56. The van der Waals surface area contributed by atoms with Gasteiger partial charge in [-0.05, 0) is 36.4 Å². The number of halogens is 1. The van der Waals surface area contributed by atoms with Gasteiger partial charge in [0.05, 0.1) is 12.7 Å². The molecule has 0 aliphatic heterocycles. The molecule has 1 N–H and O–H groups in total. The van der Waals surface area contributed by atoms with E-state index in [0.29, 0.717) is 17.1 Å². The molecule has 0 atom stereocenters. The molecule has 0 saturated carbocycles. The van der Waals surface area contributed by atoms with Gasteiger partial charge in [-0.3, -0.25) is 0 Å². The van der Waals surface area contributed by atoms with E-state index in [2.05, 4.69) is 0 Å². The van der Waals surface area contributed by atoms with Gasteiger partial charge in [-0.1, -0.05) is 6.07 Å². The van der Waals surface area contributed by atoms with Crippen LogP contribution >= 0.6 is 0 Å². The molecule has 104 valence electrons. The molecular formula is C15H13FO4. The molecule has 20 heavy (non-hydrogen) atoms. The third-order valence-electron chi connectivity index (χ3n) is 2.72. The van der Waals surface area contributed by atoms with Gasteiger partial charge < -0.3 is 14.6 Å². The smallest absolute Gasteiger partial charge is 0.335 e. The number of aromatic carboxylic acids is 1. The molecule has 0 radical (unpaired) electrons. The third-order valence-corrected chi connectivity index (χ3v) is 2.72. The Balaban J connectivity index is 2.14. The molecule has 2 aromatic rings. The fourth-order valence-electron chi connectivity index (χ4n) is 1.74. The Labute approximate surface area is 115 Å². The monoisotopic (exact) mass is 276 g/mol. The molecule has 0 amide bonds. The lowest BCUT2D eigenvalue weighted by Gasteiger charge is -2.10. The summed E-state index contributed by atoms with van der Waals surface area (Å²) in [7, 11) is 1.49. The second-order valence-corrected chi connectivity index (χ2v) is 4.08. The Morgan fingerprint density at radius 2 is 2.05 bits per heavy atom. The summed E-state index contributed by atoms with van der Waals surface area (Å²) in [5.41, 5.74) is 0.682. The van der Waals surface area contributed by atoms with Crippen LogP contribution in [-0.2, 0) is 6.61 Å². The van der Waals surface area contributed by atoms with Gasteiger partial charge in [-0.2, -0.15) is 0 Å². The maximum absolute atomic E-state index is 13.2. The van der Waals surface area contributed by atoms with E-state index in [4.69, 9.17) is 14.6 Å². The molecule has 0 bridgehead atoms. The average Bonchev–Trinajstić information content (AvgIpc) is 2.45. The molecule has 2 rings (SSSR count). The summed E-state index contributed by atoms with van der Waals surface area (Å²) in [6.45, 7) is 0.0873. The van der Waals surface area contributed by atoms with Crippen LogP contribution in [0.1, 0.15) is 15.9 Å². The zero-order valence-electron chi connectivity index (χ0n) is 10.8. The lowest BCUT2D eigenvalue weighted by molar-refractivity contribution is 0.0696. The molecule has 5 heteroatoms. The highest BCUT2D eigenvalue weighted by Gasteiger charge is 2.07. The SMILES string of the molecule is COc1ccc(F)cc1COc1cccc(C(=O)O)c1. The highest BCUT2D eigenvalue weighted by atomic mass is 19.1. The fourth-order valence-corrected chi connectivity index (χ4v) is 1.74. The Bertz CT molecular complexity index is 625. The van der Waals surface area contributed by atoms with Crippen LogP contribution < -0.4 is 9.47 Å². The topological polar surface area (TPSA) is 55.8 Å². The first-order valence-electron chi connectivity index (χ1n) is 5.88. The number of carboxylic acid groups (broad SMARTS) is 1. The van der Waals surface area contributed by atoms with Crippen molar-refractivity contribution in [2.75, 3.05) is 7.11 Å². The van der Waals surface area contributed by atoms with Crippen molar-refractivity contribution in [2.45, 2.75) is 6.61 Å². The van der Waals surface area contributed by atoms with Gasteiger partial charge in [0.1, 0.15) is 23.9 Å². The maximum Gasteiger partial charge on any atom is 0.335 e. The van der Waals surface area contributed by atoms with Crippen molar-refractivity contribution in [3.8, 4) is 11.5 Å². The van der Waals surface area contributed by atoms with Crippen molar-refractivity contribution in [1.29, 1.82) is 0 Å². The summed E-state index contributed by atoms with van der Waals surface area (Å²) in [6, 6.07) is 10.2. The van der Waals surface area contributed by atoms with Crippen LogP contribution in [0.25, 0.3) is 0 Å². The first-order chi connectivity index (χ1) is 9.60. The van der Waals surface area contributed by atoms with Crippen molar-refractivity contribution in [3.63, 3.8) is 0 Å². The number of hydrogen-bond acceptors (Lipinski definition) is 3. The lowest BCUT2D eigenvalue weighted by Crippen LogP contribution is -2.01. The van der Waals surface area contributed by atoms with Crippen LogP contribution in [0.15, 0.2) is 42.5 Å². The Kier molecular flexibility index (Phi) is 4.20. The van der Waals surface area contributed by atoms with Crippen molar-refractivity contribution in [3.05, 3.63) is 59.4 Å². The van der Waals surface area contributed by atoms with E-state index in [1.54, 1.807) is 12.1 Å². The minimum Gasteiger partial charge on any atom is -0.496 e. The molecular weight excluding hydrogens is 263 g/mol. The largest absolute Gasteiger partial charge is 0.496 e. The van der Waals surface area contributed by atoms with Crippen LogP contribution in [0.2, 0.25) is 0 Å². The van der Waals surface area contributed by atoms with Crippen molar-refractivity contribution >= 4 is 5.97 Å². The normalized spacial score (nSPS) is 10.1. The van der Waals surface area contributed by atoms with Gasteiger partial charge >= 0.3 is 5.97 Å². The lowest BCUT2D eigenvalue weighted by atomic mass is 10.2. The highest BCUT2D eigenvalue weighted by Crippen LogP contribution is 2.22. The second kappa shape index (κ2) is 6.06. The molecule has 0 spiro atoms. The fraction of sp³-hybridized carbons (Fsp3) is 0.133. The Morgan fingerprint density at radius 1 is 1.25 bits per heavy atom. The second-order valence-electron chi connectivity index (χ2n) is 4.08. The van der Waals surface area contributed by atoms with Gasteiger partial charge in [0.2, 0.25) is 0 Å². The summed E-state index contributed by atoms with van der Waals surface area (Å²) in [5.74, 6) is -0.500. The molecule has 0 aromatic heterocycles. The van der Waals surface area contributed by atoms with Crippen molar-refractivity contribution in [1.82, 2.24) is 0 Å². The third kappa shape index (κ3) is 3.26. The standard InChI is InChI=1S/C15H13FO4/c1-19-14-6-5-12(16)7-11(14)9-20-13-4-2-3-10(8-13)15(17)18/h2-8H,9H2,1H3,(H,17,18). The van der Waals surface area contributed by atoms with E-state index in [0.717, 1.165) is 0 Å². The van der Waals surface area contributed by atoms with Gasteiger partial charge in [-0.15, -0.1) is 0 Å². The number of benzene rings is 2. The van der Waals surface area contributed by atoms with Gasteiger partial charge in [0.15, 0.2) is 0 Å². The summed E-state index contributed by atoms with van der Waals surface area (Å²) in [6.07, 6.45) is 0. The van der Waals surface area contributed by atoms with E-state index in [-0.39, 0.29) is 18.0 Å². The van der Waals surface area contributed by atoms with Gasteiger partial charge in [0.25, 0.3) is 0 Å². The molecule has 0 aliphatic carbocycles. The van der Waals surface area contributed by atoms with E-state index in [1.807, 2.05) is 0 Å². The van der Waals surface area contributed by atoms with Crippen LogP contribution in [-0.4, -0.2) is 18.2 Å². The van der Waals surface area contributed by atoms with E-state index < -0.39 is 5.97 Å². The number of ether oxygens (including phenoxy) is 2. The number of carboxylic acids is 1. The maximum atomic E-state index is 13.2. The van der Waals surface area contributed by atoms with Crippen LogP contribution in [0, 0.1) is 5.82 Å². The van der Waals surface area contributed by atoms with E-state index in [9.17, 15) is 9.18 Å². The van der Waals surface area contributed by atoms with Crippen molar-refractivity contribution in [2.24, 2.45) is 0 Å². The van der Waals surface area contributed by atoms with Gasteiger partial charge in [-0.25, -0.2) is 9.18 Å². The minimum atomic E-state index is -1.03. The Morgan fingerprint density at radius 3 is 2.75 bits per heavy atom. The molecule has 2 aromatic carbocycles. The quantitative estimate of drug-likeness (QED) is 0.911. The van der Waals surface area contributed by atoms with Crippen LogP contribution in [0.4, 0.5) is 4.39 Å². The van der Waals surface area contributed by atoms with Gasteiger partial charge in [0, 0.05) is 5.56 Å². The summed E-state index contributed by atoms with van der Waals surface area (Å²) >= 11 is 0. The predicted octanol–water partition coefficient (Wildman–Crippen LogP) is 3.11. The number of hydrogen-bond donors (Lipinski definition) is 1. The zero-order chi connectivity index (χ0) is 14.5. The summed E-state index contributed by atoms with van der Waals surface area (Å²) in [5, 5.41) is 8.89. The summed E-state index contributed by atoms with van der Waals surface area (Å²) in [4.78, 5) is 10.8. The molecule has 0 heterocycles. The predicted molar refractivity (Wildman–Crippen MR) is 70.7 cm³/mol. The molecule has 0 fully saturated rings. The summed E-state index contributed by atoms with van der Waals surface area (Å²) < 4.78 is 23.8. The zero-order valence-corrected chi connectivity index (χ0v) is 10.8.